The maximum atomic E-state index is 11.0. The van der Waals surface area contributed by atoms with Gasteiger partial charge >= 0.3 is 0 Å². The number of primary amides is 1. The van der Waals surface area contributed by atoms with Crippen molar-refractivity contribution in [1.29, 1.82) is 0 Å². The van der Waals surface area contributed by atoms with Crippen LogP contribution in [0, 0.1) is 0 Å². The molecule has 0 aliphatic heterocycles. The Balaban J connectivity index is 0.000000796. The zero-order valence-corrected chi connectivity index (χ0v) is 12.7. The minimum atomic E-state index is -0.639. The minimum absolute atomic E-state index is 0.167. The van der Waals surface area contributed by atoms with Crippen molar-refractivity contribution in [1.82, 2.24) is 4.98 Å². The normalized spacial score (nSPS) is 8.90. The van der Waals surface area contributed by atoms with Gasteiger partial charge in [0, 0.05) is 19.0 Å². The van der Waals surface area contributed by atoms with Gasteiger partial charge in [0.25, 0.3) is 10.4 Å². The summed E-state index contributed by atoms with van der Waals surface area (Å²) in [6.45, 7) is 2.14. The van der Waals surface area contributed by atoms with Crippen LogP contribution in [-0.4, -0.2) is 27.8 Å². The highest BCUT2D eigenvalue weighted by Crippen LogP contribution is 2.01. The van der Waals surface area contributed by atoms with E-state index in [1.807, 2.05) is 19.1 Å². The number of thiol groups is 1. The molecule has 0 radical (unpaired) electrons. The van der Waals surface area contributed by atoms with Crippen LogP contribution in [0.25, 0.3) is 0 Å². The van der Waals surface area contributed by atoms with E-state index in [-0.39, 0.29) is 11.0 Å². The van der Waals surface area contributed by atoms with E-state index in [1.165, 1.54) is 0 Å². The molecule has 1 aromatic rings. The van der Waals surface area contributed by atoms with Crippen molar-refractivity contribution in [3.05, 3.63) is 24.4 Å². The van der Waals surface area contributed by atoms with Crippen LogP contribution in [0.15, 0.2) is 24.4 Å². The first kappa shape index (κ1) is 18.3. The van der Waals surface area contributed by atoms with E-state index in [4.69, 9.17) is 21.7 Å². The van der Waals surface area contributed by atoms with Gasteiger partial charge in [-0.3, -0.25) is 9.59 Å². The zero-order valence-electron chi connectivity index (χ0n) is 11.0. The van der Waals surface area contributed by atoms with Crippen molar-refractivity contribution in [3.63, 3.8) is 0 Å². The highest BCUT2D eigenvalue weighted by Gasteiger charge is 2.01. The van der Waals surface area contributed by atoms with Gasteiger partial charge in [-0.1, -0.05) is 25.6 Å². The Bertz CT molecular complexity index is 437. The molecule has 1 heterocycles. The Labute approximate surface area is 128 Å². The number of hydrogen-bond donors (Lipinski definition) is 3. The molecule has 1 rings (SSSR count). The number of pyridine rings is 1. The molecule has 8 heteroatoms. The summed E-state index contributed by atoms with van der Waals surface area (Å²) in [5, 5.41) is 2.42. The second-order valence-electron chi connectivity index (χ2n) is 3.46. The number of carbonyl (C=O) groups excluding carboxylic acids is 2. The molecule has 0 fully saturated rings. The second-order valence-corrected chi connectivity index (χ2v) is 4.27. The largest absolute Gasteiger partial charge is 0.470 e. The fourth-order valence-electron chi connectivity index (χ4n) is 1.01. The number of anilines is 1. The van der Waals surface area contributed by atoms with Gasteiger partial charge in [-0.25, -0.2) is 4.98 Å². The van der Waals surface area contributed by atoms with Crippen molar-refractivity contribution in [2.24, 2.45) is 5.73 Å². The number of nitrogens with one attached hydrogen (secondary N) is 1. The lowest BCUT2D eigenvalue weighted by molar-refractivity contribution is -0.119. The van der Waals surface area contributed by atoms with Gasteiger partial charge in [-0.05, 0) is 24.4 Å². The smallest absolute Gasteiger partial charge is 0.273 e. The van der Waals surface area contributed by atoms with Crippen molar-refractivity contribution in [2.75, 3.05) is 11.9 Å². The van der Waals surface area contributed by atoms with Gasteiger partial charge in [0.1, 0.15) is 11.6 Å². The number of thiocarbonyl (C=S) groups is 1. The molecule has 0 unspecified atom stereocenters. The predicted molar refractivity (Wildman–Crippen MR) is 84.9 cm³/mol. The minimum Gasteiger partial charge on any atom is -0.470 e. The number of nitrogens with zero attached hydrogens (tertiary/aromatic N) is 1. The van der Waals surface area contributed by atoms with Crippen LogP contribution in [-0.2, 0) is 9.53 Å². The van der Waals surface area contributed by atoms with E-state index >= 15 is 0 Å². The molecule has 0 aliphatic carbocycles. The summed E-state index contributed by atoms with van der Waals surface area (Å²) in [7, 11) is 0. The highest BCUT2D eigenvalue weighted by atomic mass is 32.1. The molecular formula is C12H17N3O3S2. The molecule has 0 saturated heterocycles. The van der Waals surface area contributed by atoms with E-state index in [2.05, 4.69) is 28.7 Å². The van der Waals surface area contributed by atoms with Crippen LogP contribution in [0.1, 0.15) is 19.8 Å². The van der Waals surface area contributed by atoms with Gasteiger partial charge in [0.15, 0.2) is 0 Å². The number of nitrogens with two attached hydrogens (primary N) is 1. The lowest BCUT2D eigenvalue weighted by Gasteiger charge is -2.08. The number of amides is 1. The predicted octanol–water partition coefficient (Wildman–Crippen LogP) is 2.16. The topological polar surface area (TPSA) is 94.3 Å². The SMILES string of the molecule is CCC(=O)CCOC(=S)Nc1ccccn1.NC(=O)S. The molecular weight excluding hydrogens is 298 g/mol. The zero-order chi connectivity index (χ0) is 15.4. The van der Waals surface area contributed by atoms with Gasteiger partial charge in [-0.15, -0.1) is 0 Å². The van der Waals surface area contributed by atoms with Crippen LogP contribution in [0.4, 0.5) is 10.6 Å². The van der Waals surface area contributed by atoms with E-state index < -0.39 is 5.24 Å². The molecule has 0 aromatic carbocycles. The molecule has 1 amide bonds. The number of hydrogen-bond acceptors (Lipinski definition) is 5. The summed E-state index contributed by atoms with van der Waals surface area (Å²) in [4.78, 5) is 24.1. The van der Waals surface area contributed by atoms with Crippen LogP contribution in [0.3, 0.4) is 0 Å². The van der Waals surface area contributed by atoms with Gasteiger partial charge in [0.2, 0.25) is 0 Å². The van der Waals surface area contributed by atoms with Crippen LogP contribution >= 0.6 is 24.8 Å². The number of Topliss-reactive ketones (excluding diaryl/α,β-unsaturated/α-hetero) is 1. The fourth-order valence-corrected chi connectivity index (χ4v) is 1.20. The fraction of sp³-hybridized carbons (Fsp3) is 0.333. The molecule has 1 aromatic heterocycles. The Morgan fingerprint density at radius 2 is 2.15 bits per heavy atom. The molecule has 6 nitrogen and oxygen atoms in total. The molecule has 20 heavy (non-hydrogen) atoms. The lowest BCUT2D eigenvalue weighted by Crippen LogP contribution is -2.16. The van der Waals surface area contributed by atoms with Crippen molar-refractivity contribution < 1.29 is 14.3 Å². The Morgan fingerprint density at radius 1 is 1.50 bits per heavy atom. The average Bonchev–Trinajstić information content (AvgIpc) is 2.39. The van der Waals surface area contributed by atoms with E-state index in [0.29, 0.717) is 25.3 Å². The number of aromatic nitrogens is 1. The molecule has 0 spiro atoms. The summed E-state index contributed by atoms with van der Waals surface area (Å²) >= 11 is 8.04. The molecule has 110 valence electrons. The summed E-state index contributed by atoms with van der Waals surface area (Å²) in [5.41, 5.74) is 4.34. The maximum Gasteiger partial charge on any atom is 0.273 e. The number of ketones is 1. The molecule has 0 saturated carbocycles. The first-order chi connectivity index (χ1) is 9.45. The number of ether oxygens (including phenoxy) is 1. The average molecular weight is 315 g/mol. The van der Waals surface area contributed by atoms with Crippen molar-refractivity contribution in [3.8, 4) is 0 Å². The third-order valence-corrected chi connectivity index (χ3v) is 2.12. The summed E-state index contributed by atoms with van der Waals surface area (Å²) in [6.07, 6.45) is 2.58. The second kappa shape index (κ2) is 11.2. The third kappa shape index (κ3) is 11.4. The van der Waals surface area contributed by atoms with Crippen molar-refractivity contribution in [2.45, 2.75) is 19.8 Å². The molecule has 0 atom stereocenters. The molecule has 0 bridgehead atoms. The number of carbonyl (C=O) groups is 2. The summed E-state index contributed by atoms with van der Waals surface area (Å²) < 4.78 is 5.18. The van der Waals surface area contributed by atoms with E-state index in [1.54, 1.807) is 12.3 Å². The molecule has 0 aliphatic rings. The van der Waals surface area contributed by atoms with Gasteiger partial charge in [0.05, 0.1) is 6.61 Å². The van der Waals surface area contributed by atoms with E-state index in [0.717, 1.165) is 0 Å². The van der Waals surface area contributed by atoms with Crippen LogP contribution in [0.2, 0.25) is 0 Å². The van der Waals surface area contributed by atoms with E-state index in [9.17, 15) is 4.79 Å². The van der Waals surface area contributed by atoms with Gasteiger partial charge in [-0.2, -0.15) is 0 Å². The monoisotopic (exact) mass is 315 g/mol. The van der Waals surface area contributed by atoms with Gasteiger partial charge < -0.3 is 15.8 Å². The first-order valence-corrected chi connectivity index (χ1v) is 6.66. The maximum absolute atomic E-state index is 11.0. The lowest BCUT2D eigenvalue weighted by atomic mass is 10.2. The first-order valence-electron chi connectivity index (χ1n) is 5.80. The molecule has 3 N–H and O–H groups in total. The third-order valence-electron chi connectivity index (χ3n) is 1.90. The highest BCUT2D eigenvalue weighted by molar-refractivity contribution is 7.96. The quantitative estimate of drug-likeness (QED) is 0.569. The number of rotatable bonds is 5. The Morgan fingerprint density at radius 3 is 2.65 bits per heavy atom. The van der Waals surface area contributed by atoms with Crippen LogP contribution < -0.4 is 11.1 Å². The standard InChI is InChI=1S/C11H14N2O2S.CH3NOS/c1-2-9(14)6-8-15-11(16)13-10-5-3-4-7-12-10;2-1(3)4/h3-5,7H,2,6,8H2,1H3,(H,12,13,16);(H3,2,3,4). The summed E-state index contributed by atoms with van der Waals surface area (Å²) in [5.74, 6) is 0.801. The van der Waals surface area contributed by atoms with Crippen LogP contribution in [0.5, 0.6) is 0 Å². The summed E-state index contributed by atoms with van der Waals surface area (Å²) in [6, 6.07) is 5.44. The Kier molecular flexibility index (Phi) is 10.2. The van der Waals surface area contributed by atoms with Crippen molar-refractivity contribution >= 4 is 46.9 Å². The Hall–Kier alpha value is -1.67.